The van der Waals surface area contributed by atoms with Gasteiger partial charge in [0.25, 0.3) is 0 Å². The molecule has 154 valence electrons. The maximum absolute atomic E-state index is 13.1. The van der Waals surface area contributed by atoms with Crippen LogP contribution in [0.15, 0.2) is 48.5 Å². The van der Waals surface area contributed by atoms with Crippen molar-refractivity contribution < 1.29 is 18.7 Å². The van der Waals surface area contributed by atoms with Gasteiger partial charge in [-0.05, 0) is 69.4 Å². The summed E-state index contributed by atoms with van der Waals surface area (Å²) in [4.78, 5) is 13.8. The van der Waals surface area contributed by atoms with Crippen LogP contribution in [0.2, 0.25) is 0 Å². The van der Waals surface area contributed by atoms with E-state index in [2.05, 4.69) is 5.32 Å². The first kappa shape index (κ1) is 23.7. The second kappa shape index (κ2) is 12.2. The quantitative estimate of drug-likeness (QED) is 0.644. The molecule has 1 atom stereocenters. The molecule has 7 heteroatoms. The molecule has 0 radical (unpaired) electrons. The number of ether oxygens (including phenoxy) is 2. The van der Waals surface area contributed by atoms with E-state index in [-0.39, 0.29) is 30.4 Å². The Kier molecular flexibility index (Phi) is 10.3. The van der Waals surface area contributed by atoms with Gasteiger partial charge in [0.15, 0.2) is 0 Å². The van der Waals surface area contributed by atoms with Crippen molar-refractivity contribution in [3.63, 3.8) is 0 Å². The molecule has 1 amide bonds. The molecule has 0 aliphatic heterocycles. The summed E-state index contributed by atoms with van der Waals surface area (Å²) in [5, 5.41) is 3.11. The normalized spacial score (nSPS) is 11.3. The van der Waals surface area contributed by atoms with Gasteiger partial charge in [-0.1, -0.05) is 12.1 Å². The SMILES string of the molecule is CCN(CC)C(=O)Oc1cccc(C(CCNC)Oc2ccc(F)cc2)c1.Cl. The monoisotopic (exact) mass is 410 g/mol. The van der Waals surface area contributed by atoms with Crippen molar-refractivity contribution in [2.75, 3.05) is 26.7 Å². The Hall–Kier alpha value is -2.31. The number of benzene rings is 2. The van der Waals surface area contributed by atoms with Crippen molar-refractivity contribution >= 4 is 18.5 Å². The maximum Gasteiger partial charge on any atom is 0.415 e. The number of nitrogens with zero attached hydrogens (tertiary/aromatic N) is 1. The lowest BCUT2D eigenvalue weighted by Gasteiger charge is -2.21. The van der Waals surface area contributed by atoms with Gasteiger partial charge in [0.05, 0.1) is 0 Å². The second-order valence-electron chi connectivity index (χ2n) is 6.07. The molecule has 2 aromatic carbocycles. The number of carbonyl (C=O) groups excluding carboxylic acids is 1. The maximum atomic E-state index is 13.1. The van der Waals surface area contributed by atoms with Crippen molar-refractivity contribution in [1.29, 1.82) is 0 Å². The standard InChI is InChI=1S/C21H27FN2O3.ClH/c1-4-24(5-2)21(25)27-19-8-6-7-16(15-19)20(13-14-23-3)26-18-11-9-17(22)10-12-18;/h6-12,15,20,23H,4-5,13-14H2,1-3H3;1H. The van der Waals surface area contributed by atoms with Crippen LogP contribution in [0, 0.1) is 5.82 Å². The van der Waals surface area contributed by atoms with E-state index in [1.54, 1.807) is 23.1 Å². The number of hydrogen-bond donors (Lipinski definition) is 1. The van der Waals surface area contributed by atoms with E-state index in [1.165, 1.54) is 12.1 Å². The van der Waals surface area contributed by atoms with Gasteiger partial charge in [-0.2, -0.15) is 0 Å². The lowest BCUT2D eigenvalue weighted by molar-refractivity contribution is 0.156. The van der Waals surface area contributed by atoms with Gasteiger partial charge in [0, 0.05) is 19.5 Å². The number of carbonyl (C=O) groups is 1. The largest absolute Gasteiger partial charge is 0.486 e. The molecule has 0 fully saturated rings. The van der Waals surface area contributed by atoms with E-state index in [4.69, 9.17) is 9.47 Å². The van der Waals surface area contributed by atoms with Crippen LogP contribution in [0.25, 0.3) is 0 Å². The molecule has 1 N–H and O–H groups in total. The first-order valence-corrected chi connectivity index (χ1v) is 9.20. The number of rotatable bonds is 9. The predicted molar refractivity (Wildman–Crippen MR) is 111 cm³/mol. The number of halogens is 2. The highest BCUT2D eigenvalue weighted by Gasteiger charge is 2.16. The van der Waals surface area contributed by atoms with Crippen molar-refractivity contribution in [3.05, 3.63) is 59.9 Å². The fraction of sp³-hybridized carbons (Fsp3) is 0.381. The topological polar surface area (TPSA) is 50.8 Å². The van der Waals surface area contributed by atoms with Crippen molar-refractivity contribution in [3.8, 4) is 11.5 Å². The molecule has 0 saturated heterocycles. The van der Waals surface area contributed by atoms with Gasteiger partial charge in [-0.15, -0.1) is 12.4 Å². The Morgan fingerprint density at radius 1 is 1.11 bits per heavy atom. The molecule has 0 aliphatic carbocycles. The average Bonchev–Trinajstić information content (AvgIpc) is 2.68. The number of amides is 1. The van der Waals surface area contributed by atoms with Crippen LogP contribution in [0.1, 0.15) is 31.9 Å². The minimum Gasteiger partial charge on any atom is -0.486 e. The summed E-state index contributed by atoms with van der Waals surface area (Å²) in [6.07, 6.45) is 0.0832. The second-order valence-corrected chi connectivity index (χ2v) is 6.07. The Morgan fingerprint density at radius 3 is 2.39 bits per heavy atom. The minimum absolute atomic E-state index is 0. The third-order valence-corrected chi connectivity index (χ3v) is 4.21. The first-order chi connectivity index (χ1) is 13.1. The Labute approximate surface area is 172 Å². The van der Waals surface area contributed by atoms with Gasteiger partial charge < -0.3 is 19.7 Å². The zero-order valence-electron chi connectivity index (χ0n) is 16.5. The summed E-state index contributed by atoms with van der Waals surface area (Å²) in [5.41, 5.74) is 0.888. The summed E-state index contributed by atoms with van der Waals surface area (Å²) in [6.45, 7) is 5.74. The highest BCUT2D eigenvalue weighted by Crippen LogP contribution is 2.27. The van der Waals surface area contributed by atoms with E-state index < -0.39 is 0 Å². The Morgan fingerprint density at radius 2 is 1.79 bits per heavy atom. The summed E-state index contributed by atoms with van der Waals surface area (Å²) in [6, 6.07) is 13.3. The minimum atomic E-state index is -0.372. The van der Waals surface area contributed by atoms with Gasteiger partial charge in [0.2, 0.25) is 0 Å². The van der Waals surface area contributed by atoms with Gasteiger partial charge >= 0.3 is 6.09 Å². The zero-order chi connectivity index (χ0) is 19.6. The fourth-order valence-electron chi connectivity index (χ4n) is 2.67. The summed E-state index contributed by atoms with van der Waals surface area (Å²) in [7, 11) is 1.87. The number of hydrogen-bond acceptors (Lipinski definition) is 4. The Bertz CT molecular complexity index is 724. The van der Waals surface area contributed by atoms with Crippen LogP contribution in [-0.2, 0) is 0 Å². The lowest BCUT2D eigenvalue weighted by atomic mass is 10.1. The third kappa shape index (κ3) is 7.02. The van der Waals surface area contributed by atoms with Crippen LogP contribution in [0.4, 0.5) is 9.18 Å². The first-order valence-electron chi connectivity index (χ1n) is 9.20. The van der Waals surface area contributed by atoms with E-state index in [0.29, 0.717) is 31.0 Å². The molecule has 2 aromatic rings. The van der Waals surface area contributed by atoms with Crippen LogP contribution in [0.3, 0.4) is 0 Å². The van der Waals surface area contributed by atoms with Crippen LogP contribution >= 0.6 is 12.4 Å². The molecule has 0 bridgehead atoms. The molecule has 0 spiro atoms. The van der Waals surface area contributed by atoms with E-state index in [9.17, 15) is 9.18 Å². The molecule has 1 unspecified atom stereocenters. The third-order valence-electron chi connectivity index (χ3n) is 4.21. The smallest absolute Gasteiger partial charge is 0.415 e. The van der Waals surface area contributed by atoms with E-state index >= 15 is 0 Å². The van der Waals surface area contributed by atoms with Crippen LogP contribution < -0.4 is 14.8 Å². The Balaban J connectivity index is 0.00000392. The molecule has 0 aromatic heterocycles. The zero-order valence-corrected chi connectivity index (χ0v) is 17.3. The molecule has 2 rings (SSSR count). The molecule has 0 aliphatic rings. The summed E-state index contributed by atoms with van der Waals surface area (Å²) in [5.74, 6) is 0.754. The van der Waals surface area contributed by atoms with Gasteiger partial charge in [-0.3, -0.25) is 0 Å². The van der Waals surface area contributed by atoms with E-state index in [0.717, 1.165) is 12.1 Å². The number of nitrogens with one attached hydrogen (secondary N) is 1. The molecular formula is C21H28ClFN2O3. The average molecular weight is 411 g/mol. The lowest BCUT2D eigenvalue weighted by Crippen LogP contribution is -2.33. The van der Waals surface area contributed by atoms with Gasteiger partial charge in [-0.25, -0.2) is 9.18 Å². The van der Waals surface area contributed by atoms with Crippen molar-refractivity contribution in [2.24, 2.45) is 0 Å². The summed E-state index contributed by atoms with van der Waals surface area (Å²) >= 11 is 0. The molecule has 5 nitrogen and oxygen atoms in total. The van der Waals surface area contributed by atoms with Crippen molar-refractivity contribution in [1.82, 2.24) is 10.2 Å². The van der Waals surface area contributed by atoms with Crippen molar-refractivity contribution in [2.45, 2.75) is 26.4 Å². The molecule has 28 heavy (non-hydrogen) atoms. The summed E-state index contributed by atoms with van der Waals surface area (Å²) < 4.78 is 24.7. The predicted octanol–water partition coefficient (Wildman–Crippen LogP) is 4.82. The highest BCUT2D eigenvalue weighted by atomic mass is 35.5. The highest BCUT2D eigenvalue weighted by molar-refractivity contribution is 5.85. The van der Waals surface area contributed by atoms with Crippen LogP contribution in [0.5, 0.6) is 11.5 Å². The van der Waals surface area contributed by atoms with Gasteiger partial charge in [0.1, 0.15) is 23.4 Å². The van der Waals surface area contributed by atoms with Crippen LogP contribution in [-0.4, -0.2) is 37.7 Å². The fourth-order valence-corrected chi connectivity index (χ4v) is 2.67. The molecular weight excluding hydrogens is 383 g/mol. The van der Waals surface area contributed by atoms with E-state index in [1.807, 2.05) is 39.1 Å². The molecule has 0 heterocycles. The molecule has 0 saturated carbocycles.